The van der Waals surface area contributed by atoms with Crippen molar-refractivity contribution in [1.29, 1.82) is 0 Å². The monoisotopic (exact) mass is 274 g/mol. The van der Waals surface area contributed by atoms with Gasteiger partial charge in [-0.3, -0.25) is 4.98 Å². The summed E-state index contributed by atoms with van der Waals surface area (Å²) in [6.07, 6.45) is 6.16. The second-order valence-corrected chi connectivity index (χ2v) is 5.93. The van der Waals surface area contributed by atoms with E-state index in [1.165, 1.54) is 29.4 Å². The first-order valence-corrected chi connectivity index (χ1v) is 7.43. The van der Waals surface area contributed by atoms with Crippen LogP contribution in [0.15, 0.2) is 24.5 Å². The van der Waals surface area contributed by atoms with E-state index in [0.29, 0.717) is 5.82 Å². The van der Waals surface area contributed by atoms with E-state index in [1.807, 2.05) is 12.1 Å². The highest BCUT2D eigenvalue weighted by atomic mass is 32.1. The Kier molecular flexibility index (Phi) is 3.38. The van der Waals surface area contributed by atoms with Crippen molar-refractivity contribution in [3.05, 3.63) is 24.5 Å². The standard InChI is InChI=1S/C14H18N4S/c1-10-3-2-8-18(9-10)14-12(13(15)17-19-14)11-4-6-16-7-5-11/h4-7,10H,2-3,8-9H2,1H3,(H2,15,17). The van der Waals surface area contributed by atoms with E-state index in [4.69, 9.17) is 5.73 Å². The van der Waals surface area contributed by atoms with E-state index in [0.717, 1.165) is 30.1 Å². The van der Waals surface area contributed by atoms with Crippen molar-refractivity contribution < 1.29 is 0 Å². The maximum atomic E-state index is 6.07. The Morgan fingerprint density at radius 3 is 2.89 bits per heavy atom. The van der Waals surface area contributed by atoms with Gasteiger partial charge >= 0.3 is 0 Å². The van der Waals surface area contributed by atoms with Gasteiger partial charge in [-0.05, 0) is 48.0 Å². The zero-order valence-corrected chi connectivity index (χ0v) is 11.9. The second-order valence-electron chi connectivity index (χ2n) is 5.18. The molecule has 1 aliphatic rings. The maximum absolute atomic E-state index is 6.07. The number of hydrogen-bond acceptors (Lipinski definition) is 5. The summed E-state index contributed by atoms with van der Waals surface area (Å²) in [5, 5.41) is 1.20. The second kappa shape index (κ2) is 5.17. The molecule has 0 aromatic carbocycles. The highest BCUT2D eigenvalue weighted by Crippen LogP contribution is 2.40. The molecule has 0 saturated carbocycles. The Morgan fingerprint density at radius 1 is 1.37 bits per heavy atom. The topological polar surface area (TPSA) is 55.0 Å². The van der Waals surface area contributed by atoms with E-state index in [9.17, 15) is 0 Å². The number of pyridine rings is 1. The highest BCUT2D eigenvalue weighted by Gasteiger charge is 2.23. The Morgan fingerprint density at radius 2 is 2.16 bits per heavy atom. The number of hydrogen-bond donors (Lipinski definition) is 1. The summed E-state index contributed by atoms with van der Waals surface area (Å²) in [5.74, 6) is 1.37. The third kappa shape index (κ3) is 2.42. The van der Waals surface area contributed by atoms with E-state index < -0.39 is 0 Å². The first-order valence-electron chi connectivity index (χ1n) is 6.66. The van der Waals surface area contributed by atoms with Crippen LogP contribution in [0.2, 0.25) is 0 Å². The summed E-state index contributed by atoms with van der Waals surface area (Å²) in [6, 6.07) is 3.99. The van der Waals surface area contributed by atoms with Crippen LogP contribution < -0.4 is 10.6 Å². The van der Waals surface area contributed by atoms with Crippen LogP contribution in [-0.2, 0) is 0 Å². The average molecular weight is 274 g/mol. The molecule has 2 N–H and O–H groups in total. The molecule has 0 spiro atoms. The summed E-state index contributed by atoms with van der Waals surface area (Å²) >= 11 is 1.51. The molecule has 3 heterocycles. The van der Waals surface area contributed by atoms with Gasteiger partial charge in [0.25, 0.3) is 0 Å². The Bertz CT molecular complexity index is 552. The van der Waals surface area contributed by atoms with Crippen molar-refractivity contribution in [3.63, 3.8) is 0 Å². The van der Waals surface area contributed by atoms with Crippen molar-refractivity contribution in [1.82, 2.24) is 9.36 Å². The van der Waals surface area contributed by atoms with Crippen LogP contribution in [0.1, 0.15) is 19.8 Å². The molecular formula is C14H18N4S. The SMILES string of the molecule is CC1CCCN(c2snc(N)c2-c2ccncc2)C1. The number of nitrogens with two attached hydrogens (primary N) is 1. The fourth-order valence-electron chi connectivity index (χ4n) is 2.67. The minimum absolute atomic E-state index is 0.629. The summed E-state index contributed by atoms with van der Waals surface area (Å²) in [5.41, 5.74) is 8.24. The molecule has 19 heavy (non-hydrogen) atoms. The molecule has 2 aromatic rings. The number of nitrogen functional groups attached to an aromatic ring is 1. The van der Waals surface area contributed by atoms with Gasteiger partial charge in [0.2, 0.25) is 0 Å². The Hall–Kier alpha value is -1.62. The van der Waals surface area contributed by atoms with E-state index in [1.54, 1.807) is 12.4 Å². The van der Waals surface area contributed by atoms with Gasteiger partial charge in [0.05, 0.1) is 5.56 Å². The molecule has 3 rings (SSSR count). The van der Waals surface area contributed by atoms with Crippen LogP contribution in [0.3, 0.4) is 0 Å². The smallest absolute Gasteiger partial charge is 0.147 e. The summed E-state index contributed by atoms with van der Waals surface area (Å²) in [6.45, 7) is 4.51. The van der Waals surface area contributed by atoms with Gasteiger partial charge in [-0.25, -0.2) is 0 Å². The zero-order chi connectivity index (χ0) is 13.2. The van der Waals surface area contributed by atoms with Crippen molar-refractivity contribution in [3.8, 4) is 11.1 Å². The van der Waals surface area contributed by atoms with Crippen LogP contribution in [0.4, 0.5) is 10.8 Å². The quantitative estimate of drug-likeness (QED) is 0.914. The van der Waals surface area contributed by atoms with E-state index in [-0.39, 0.29) is 0 Å². The van der Waals surface area contributed by atoms with Gasteiger partial charge in [-0.15, -0.1) is 0 Å². The van der Waals surface area contributed by atoms with Crippen molar-refractivity contribution in [2.75, 3.05) is 23.7 Å². The number of piperidine rings is 1. The molecule has 1 aliphatic heterocycles. The molecule has 0 aliphatic carbocycles. The summed E-state index contributed by atoms with van der Waals surface area (Å²) < 4.78 is 4.35. The molecule has 1 fully saturated rings. The Balaban J connectivity index is 1.99. The van der Waals surface area contributed by atoms with Crippen LogP contribution in [0.5, 0.6) is 0 Å². The Labute approximate surface area is 117 Å². The average Bonchev–Trinajstić information content (AvgIpc) is 2.82. The zero-order valence-electron chi connectivity index (χ0n) is 11.0. The number of rotatable bonds is 2. The van der Waals surface area contributed by atoms with Crippen LogP contribution >= 0.6 is 11.5 Å². The predicted octanol–water partition coefficient (Wildman–Crippen LogP) is 3.02. The lowest BCUT2D eigenvalue weighted by molar-refractivity contribution is 0.448. The minimum atomic E-state index is 0.629. The number of nitrogens with zero attached hydrogens (tertiary/aromatic N) is 3. The molecule has 0 bridgehead atoms. The van der Waals surface area contributed by atoms with Crippen LogP contribution in [0, 0.1) is 5.92 Å². The predicted molar refractivity (Wildman–Crippen MR) is 80.4 cm³/mol. The van der Waals surface area contributed by atoms with E-state index >= 15 is 0 Å². The molecule has 100 valence electrons. The van der Waals surface area contributed by atoms with Crippen molar-refractivity contribution >= 4 is 22.4 Å². The highest BCUT2D eigenvalue weighted by molar-refractivity contribution is 7.11. The molecular weight excluding hydrogens is 256 g/mol. The lowest BCUT2D eigenvalue weighted by atomic mass is 10.00. The molecule has 0 amide bonds. The molecule has 1 unspecified atom stereocenters. The normalized spacial score (nSPS) is 19.6. The van der Waals surface area contributed by atoms with Crippen LogP contribution in [0.25, 0.3) is 11.1 Å². The molecule has 0 radical (unpaired) electrons. The van der Waals surface area contributed by atoms with Crippen LogP contribution in [-0.4, -0.2) is 22.4 Å². The molecule has 2 aromatic heterocycles. The minimum Gasteiger partial charge on any atom is -0.382 e. The van der Waals surface area contributed by atoms with Gasteiger partial charge in [0, 0.05) is 25.5 Å². The fourth-order valence-corrected chi connectivity index (χ4v) is 3.54. The van der Waals surface area contributed by atoms with Gasteiger partial charge < -0.3 is 10.6 Å². The van der Waals surface area contributed by atoms with Gasteiger partial charge in [-0.1, -0.05) is 6.92 Å². The van der Waals surface area contributed by atoms with Crippen molar-refractivity contribution in [2.24, 2.45) is 5.92 Å². The molecule has 1 atom stereocenters. The number of aromatic nitrogens is 2. The summed E-state index contributed by atoms with van der Waals surface area (Å²) in [4.78, 5) is 6.50. The maximum Gasteiger partial charge on any atom is 0.147 e. The summed E-state index contributed by atoms with van der Waals surface area (Å²) in [7, 11) is 0. The third-order valence-corrected chi connectivity index (χ3v) is 4.54. The molecule has 1 saturated heterocycles. The third-order valence-electron chi connectivity index (χ3n) is 3.61. The largest absolute Gasteiger partial charge is 0.382 e. The first-order chi connectivity index (χ1) is 9.25. The van der Waals surface area contributed by atoms with Gasteiger partial charge in [0.1, 0.15) is 10.8 Å². The van der Waals surface area contributed by atoms with Gasteiger partial charge in [0.15, 0.2) is 0 Å². The first kappa shape index (κ1) is 12.4. The van der Waals surface area contributed by atoms with Gasteiger partial charge in [-0.2, -0.15) is 4.37 Å². The fraction of sp³-hybridized carbons (Fsp3) is 0.429. The molecule has 4 nitrogen and oxygen atoms in total. The lowest BCUT2D eigenvalue weighted by Gasteiger charge is -2.32. The molecule has 5 heteroatoms. The van der Waals surface area contributed by atoms with Crippen molar-refractivity contribution in [2.45, 2.75) is 19.8 Å². The van der Waals surface area contributed by atoms with E-state index in [2.05, 4.69) is 21.2 Å². The lowest BCUT2D eigenvalue weighted by Crippen LogP contribution is -2.33. The number of anilines is 2.